The minimum atomic E-state index is -3.30. The summed E-state index contributed by atoms with van der Waals surface area (Å²) in [7, 11) is -3.30. The Morgan fingerprint density at radius 3 is 2.63 bits per heavy atom. The Hall–Kier alpha value is -1.26. The molecule has 1 aromatic rings. The summed E-state index contributed by atoms with van der Waals surface area (Å²) in [5, 5.41) is 0.895. The van der Waals surface area contributed by atoms with Crippen LogP contribution in [0.1, 0.15) is 44.9 Å². The molecule has 8 nitrogen and oxygen atoms in total. The number of anilines is 1. The number of carbonyl (C=O) groups excluding carboxylic acids is 1. The van der Waals surface area contributed by atoms with E-state index in [0.717, 1.165) is 36.8 Å². The number of carbonyl (C=O) groups is 1. The summed E-state index contributed by atoms with van der Waals surface area (Å²) in [5.41, 5.74) is 0. The van der Waals surface area contributed by atoms with Crippen LogP contribution in [0.2, 0.25) is 0 Å². The van der Waals surface area contributed by atoms with Crippen molar-refractivity contribution in [3.8, 4) is 0 Å². The number of unbranched alkanes of at least 4 members (excludes halogenated alkanes) is 1. The second-order valence-corrected chi connectivity index (χ2v) is 10.00. The van der Waals surface area contributed by atoms with Gasteiger partial charge in [-0.15, -0.1) is 0 Å². The van der Waals surface area contributed by atoms with Crippen LogP contribution in [0.15, 0.2) is 0 Å². The zero-order chi connectivity index (χ0) is 19.4. The molecule has 0 aromatic carbocycles. The van der Waals surface area contributed by atoms with Crippen LogP contribution in [0.5, 0.6) is 0 Å². The van der Waals surface area contributed by atoms with Gasteiger partial charge in [0.15, 0.2) is 0 Å². The summed E-state index contributed by atoms with van der Waals surface area (Å²) >= 11 is 1.39. The number of rotatable bonds is 6. The van der Waals surface area contributed by atoms with Crippen LogP contribution in [0, 0.1) is 6.92 Å². The van der Waals surface area contributed by atoms with E-state index >= 15 is 0 Å². The van der Waals surface area contributed by atoms with E-state index in [1.165, 1.54) is 15.8 Å². The first-order valence-electron chi connectivity index (χ1n) is 9.76. The van der Waals surface area contributed by atoms with Gasteiger partial charge in [-0.2, -0.15) is 8.68 Å². The predicted molar refractivity (Wildman–Crippen MR) is 106 cm³/mol. The van der Waals surface area contributed by atoms with Gasteiger partial charge in [0.1, 0.15) is 11.9 Å². The van der Waals surface area contributed by atoms with E-state index in [0.29, 0.717) is 39.0 Å². The summed E-state index contributed by atoms with van der Waals surface area (Å²) in [6, 6.07) is -0.548. The molecule has 27 heavy (non-hydrogen) atoms. The van der Waals surface area contributed by atoms with E-state index in [2.05, 4.69) is 21.2 Å². The maximum atomic E-state index is 13.3. The van der Waals surface area contributed by atoms with Gasteiger partial charge in [0.05, 0.1) is 5.75 Å². The Bertz CT molecular complexity index is 752. The maximum Gasteiger partial charge on any atom is 0.241 e. The third-order valence-corrected chi connectivity index (χ3v) is 8.02. The SMILES string of the molecule is CCCC[C@@H](C(=O)N1CCCN(c2nc(C)ns2)CC1)N1CCCS1(=O)=O. The zero-order valence-electron chi connectivity index (χ0n) is 16.1. The van der Waals surface area contributed by atoms with E-state index in [-0.39, 0.29) is 11.7 Å². The fraction of sp³-hybridized carbons (Fsp3) is 0.824. The van der Waals surface area contributed by atoms with Crippen molar-refractivity contribution < 1.29 is 13.2 Å². The molecule has 1 atom stereocenters. The molecule has 0 N–H and O–H groups in total. The highest BCUT2D eigenvalue weighted by atomic mass is 32.2. The normalized spacial score (nSPS) is 22.0. The average molecular weight is 416 g/mol. The molecule has 0 saturated carbocycles. The molecule has 1 amide bonds. The summed E-state index contributed by atoms with van der Waals surface area (Å²) in [6.45, 7) is 7.19. The van der Waals surface area contributed by atoms with Gasteiger partial charge in [0, 0.05) is 44.3 Å². The van der Waals surface area contributed by atoms with Crippen LogP contribution >= 0.6 is 11.5 Å². The van der Waals surface area contributed by atoms with Gasteiger partial charge in [-0.05, 0) is 26.2 Å². The lowest BCUT2D eigenvalue weighted by molar-refractivity contribution is -0.135. The maximum absolute atomic E-state index is 13.3. The van der Waals surface area contributed by atoms with Crippen molar-refractivity contribution >= 4 is 32.6 Å². The van der Waals surface area contributed by atoms with E-state index in [1.807, 2.05) is 11.8 Å². The van der Waals surface area contributed by atoms with Crippen molar-refractivity contribution in [1.29, 1.82) is 0 Å². The lowest BCUT2D eigenvalue weighted by Crippen LogP contribution is -2.50. The standard InChI is InChI=1S/C17H29N5O3S2/c1-3-4-7-15(22-10-6-13-27(22,24)25)16(23)20-8-5-9-21(12-11-20)17-18-14(2)19-26-17/h15H,3-13H2,1-2H3/t15-/m0/s1. The van der Waals surface area contributed by atoms with Gasteiger partial charge in [0.2, 0.25) is 21.1 Å². The number of aryl methyl sites for hydroxylation is 1. The zero-order valence-corrected chi connectivity index (χ0v) is 17.8. The van der Waals surface area contributed by atoms with Gasteiger partial charge in [0.25, 0.3) is 0 Å². The summed E-state index contributed by atoms with van der Waals surface area (Å²) in [5.74, 6) is 0.892. The predicted octanol–water partition coefficient (Wildman–Crippen LogP) is 1.48. The molecule has 152 valence electrons. The number of amides is 1. The molecule has 0 bridgehead atoms. The van der Waals surface area contributed by atoms with Crippen molar-refractivity contribution in [2.75, 3.05) is 43.4 Å². The molecular weight excluding hydrogens is 386 g/mol. The van der Waals surface area contributed by atoms with Gasteiger partial charge >= 0.3 is 0 Å². The lowest BCUT2D eigenvalue weighted by Gasteiger charge is -2.31. The summed E-state index contributed by atoms with van der Waals surface area (Å²) in [4.78, 5) is 21.7. The highest BCUT2D eigenvalue weighted by Crippen LogP contribution is 2.24. The summed E-state index contributed by atoms with van der Waals surface area (Å²) in [6.07, 6.45) is 3.86. The number of hydrogen-bond donors (Lipinski definition) is 0. The van der Waals surface area contributed by atoms with Crippen LogP contribution in [0.25, 0.3) is 0 Å². The van der Waals surface area contributed by atoms with Gasteiger partial charge in [-0.3, -0.25) is 4.79 Å². The van der Waals surface area contributed by atoms with E-state index in [1.54, 1.807) is 0 Å². The topological polar surface area (TPSA) is 86.7 Å². The van der Waals surface area contributed by atoms with Crippen LogP contribution in [-0.4, -0.2) is 77.4 Å². The number of aromatic nitrogens is 2. The third-order valence-electron chi connectivity index (χ3n) is 5.20. The Balaban J connectivity index is 1.70. The van der Waals surface area contributed by atoms with Crippen LogP contribution < -0.4 is 4.90 Å². The Morgan fingerprint density at radius 2 is 2.00 bits per heavy atom. The molecule has 2 saturated heterocycles. The number of hydrogen-bond acceptors (Lipinski definition) is 7. The van der Waals surface area contributed by atoms with Crippen molar-refractivity contribution in [3.05, 3.63) is 5.82 Å². The Labute approximate surface area is 165 Å². The molecule has 0 unspecified atom stereocenters. The second kappa shape index (κ2) is 8.83. The molecule has 3 rings (SSSR count). The molecule has 2 aliphatic heterocycles. The van der Waals surface area contributed by atoms with Crippen LogP contribution in [-0.2, 0) is 14.8 Å². The molecule has 1 aromatic heterocycles. The quantitative estimate of drug-likeness (QED) is 0.699. The number of nitrogens with zero attached hydrogens (tertiary/aromatic N) is 5. The largest absolute Gasteiger partial charge is 0.345 e. The second-order valence-electron chi connectivity index (χ2n) is 7.23. The molecule has 2 aliphatic rings. The molecule has 0 aliphatic carbocycles. The van der Waals surface area contributed by atoms with Crippen molar-refractivity contribution in [2.24, 2.45) is 0 Å². The minimum absolute atomic E-state index is 0.0378. The van der Waals surface area contributed by atoms with Crippen molar-refractivity contribution in [2.45, 2.75) is 52.0 Å². The molecule has 10 heteroatoms. The highest BCUT2D eigenvalue weighted by Gasteiger charge is 2.39. The van der Waals surface area contributed by atoms with Gasteiger partial charge < -0.3 is 9.80 Å². The molecule has 2 fully saturated rings. The van der Waals surface area contributed by atoms with Crippen molar-refractivity contribution in [1.82, 2.24) is 18.6 Å². The minimum Gasteiger partial charge on any atom is -0.345 e. The highest BCUT2D eigenvalue weighted by molar-refractivity contribution is 7.89. The fourth-order valence-electron chi connectivity index (χ4n) is 3.75. The van der Waals surface area contributed by atoms with Gasteiger partial charge in [-0.1, -0.05) is 19.8 Å². The third kappa shape index (κ3) is 4.78. The van der Waals surface area contributed by atoms with E-state index in [4.69, 9.17) is 0 Å². The average Bonchev–Trinajstić information content (AvgIpc) is 3.12. The Kier molecular flexibility index (Phi) is 6.69. The molecule has 3 heterocycles. The molecule has 0 spiro atoms. The van der Waals surface area contributed by atoms with Crippen molar-refractivity contribution in [3.63, 3.8) is 0 Å². The first kappa shape index (κ1) is 20.5. The van der Waals surface area contributed by atoms with Crippen LogP contribution in [0.3, 0.4) is 0 Å². The van der Waals surface area contributed by atoms with Crippen LogP contribution in [0.4, 0.5) is 5.13 Å². The van der Waals surface area contributed by atoms with E-state index in [9.17, 15) is 13.2 Å². The monoisotopic (exact) mass is 415 g/mol. The summed E-state index contributed by atoms with van der Waals surface area (Å²) < 4.78 is 30.5. The lowest BCUT2D eigenvalue weighted by atomic mass is 10.1. The smallest absolute Gasteiger partial charge is 0.241 e. The fourth-order valence-corrected chi connectivity index (χ4v) is 6.20. The first-order chi connectivity index (χ1) is 12.9. The van der Waals surface area contributed by atoms with Gasteiger partial charge in [-0.25, -0.2) is 13.4 Å². The van der Waals surface area contributed by atoms with E-state index < -0.39 is 16.1 Å². The first-order valence-corrected chi connectivity index (χ1v) is 12.1. The number of sulfonamides is 1. The Morgan fingerprint density at radius 1 is 1.19 bits per heavy atom. The molecular formula is C17H29N5O3S2. The molecule has 0 radical (unpaired) electrons.